The van der Waals surface area contributed by atoms with E-state index in [2.05, 4.69) is 22.4 Å². The van der Waals surface area contributed by atoms with E-state index in [1.165, 1.54) is 6.07 Å². The summed E-state index contributed by atoms with van der Waals surface area (Å²) in [6.07, 6.45) is -2.48. The van der Waals surface area contributed by atoms with E-state index in [9.17, 15) is 23.1 Å². The Labute approximate surface area is 215 Å². The number of hydrogen-bond acceptors (Lipinski definition) is 7. The van der Waals surface area contributed by atoms with Gasteiger partial charge in [0.2, 0.25) is 5.95 Å². The number of halogens is 3. The standard InChI is InChI=1S/C24H24N4O3.C2HF3O2/c29-20-8-4-7-18(11-20)22(30)28-10-9-24(15-28)16-31-14-19-13-26-23(27-21(19)24)25-12-17-5-2-1-3-6-17;3-2(4,5)1(6)7/h1-8,11,13,29H,9-10,12,14-16H2,(H,25,26,27);(H,6,7). The van der Waals surface area contributed by atoms with E-state index >= 15 is 0 Å². The van der Waals surface area contributed by atoms with Gasteiger partial charge in [0.1, 0.15) is 5.75 Å². The van der Waals surface area contributed by atoms with E-state index in [1.54, 1.807) is 18.2 Å². The number of aromatic nitrogens is 2. The quantitative estimate of drug-likeness (QED) is 0.466. The summed E-state index contributed by atoms with van der Waals surface area (Å²) in [5, 5.41) is 20.2. The van der Waals surface area contributed by atoms with Crippen molar-refractivity contribution in [2.45, 2.75) is 31.2 Å². The first-order valence-corrected chi connectivity index (χ1v) is 11.7. The lowest BCUT2D eigenvalue weighted by Gasteiger charge is -2.34. The molecular formula is C26H25F3N4O5. The molecule has 0 saturated carbocycles. The van der Waals surface area contributed by atoms with Crippen LogP contribution in [0, 0.1) is 0 Å². The van der Waals surface area contributed by atoms with E-state index in [0.717, 1.165) is 23.2 Å². The Kier molecular flexibility index (Phi) is 7.81. The van der Waals surface area contributed by atoms with Crippen molar-refractivity contribution < 1.29 is 37.7 Å². The van der Waals surface area contributed by atoms with Gasteiger partial charge in [-0.05, 0) is 30.2 Å². The highest BCUT2D eigenvalue weighted by Gasteiger charge is 2.46. The number of benzene rings is 2. The number of likely N-dealkylation sites (tertiary alicyclic amines) is 1. The maximum atomic E-state index is 13.0. The minimum atomic E-state index is -5.08. The van der Waals surface area contributed by atoms with Gasteiger partial charge in [0, 0.05) is 37.0 Å². The third-order valence-electron chi connectivity index (χ3n) is 6.27. The van der Waals surface area contributed by atoms with Crippen molar-refractivity contribution in [3.05, 3.63) is 83.2 Å². The molecule has 9 nitrogen and oxygen atoms in total. The average molecular weight is 531 g/mol. The fraction of sp³-hybridized carbons (Fsp3) is 0.308. The van der Waals surface area contributed by atoms with Crippen LogP contribution in [0.15, 0.2) is 60.8 Å². The zero-order valence-corrected chi connectivity index (χ0v) is 20.1. The number of phenolic OH excluding ortho intramolecular Hbond substituents is 1. The van der Waals surface area contributed by atoms with Crippen molar-refractivity contribution >= 4 is 17.8 Å². The third-order valence-corrected chi connectivity index (χ3v) is 6.27. The average Bonchev–Trinajstić information content (AvgIpc) is 3.32. The molecular weight excluding hydrogens is 505 g/mol. The molecule has 1 spiro atoms. The van der Waals surface area contributed by atoms with Crippen molar-refractivity contribution in [3.8, 4) is 5.75 Å². The maximum Gasteiger partial charge on any atom is 0.490 e. The van der Waals surface area contributed by atoms with Crippen LogP contribution in [0.4, 0.5) is 19.1 Å². The molecule has 1 unspecified atom stereocenters. The molecule has 200 valence electrons. The van der Waals surface area contributed by atoms with E-state index < -0.39 is 12.1 Å². The van der Waals surface area contributed by atoms with Crippen molar-refractivity contribution in [2.75, 3.05) is 25.0 Å². The van der Waals surface area contributed by atoms with Crippen LogP contribution in [0.5, 0.6) is 5.75 Å². The number of rotatable bonds is 4. The number of nitrogens with one attached hydrogen (secondary N) is 1. The lowest BCUT2D eigenvalue weighted by molar-refractivity contribution is -0.192. The van der Waals surface area contributed by atoms with Crippen molar-refractivity contribution in [1.82, 2.24) is 14.9 Å². The van der Waals surface area contributed by atoms with Gasteiger partial charge in [-0.3, -0.25) is 4.79 Å². The molecule has 3 heterocycles. The zero-order chi connectivity index (χ0) is 27.3. The fourth-order valence-corrected chi connectivity index (χ4v) is 4.44. The second-order valence-electron chi connectivity index (χ2n) is 9.01. The van der Waals surface area contributed by atoms with Crippen LogP contribution >= 0.6 is 0 Å². The molecule has 3 N–H and O–H groups in total. The van der Waals surface area contributed by atoms with Gasteiger partial charge in [0.25, 0.3) is 5.91 Å². The van der Waals surface area contributed by atoms with Gasteiger partial charge in [-0.2, -0.15) is 13.2 Å². The minimum Gasteiger partial charge on any atom is -0.508 e. The number of carboxylic acids is 1. The number of carboxylic acid groups (broad SMARTS) is 1. The van der Waals surface area contributed by atoms with Crippen LogP contribution < -0.4 is 5.32 Å². The van der Waals surface area contributed by atoms with Crippen LogP contribution in [-0.2, 0) is 28.1 Å². The number of hydrogen-bond donors (Lipinski definition) is 3. The van der Waals surface area contributed by atoms with Crippen molar-refractivity contribution in [2.24, 2.45) is 0 Å². The largest absolute Gasteiger partial charge is 0.508 e. The summed E-state index contributed by atoms with van der Waals surface area (Å²) in [6, 6.07) is 16.6. The second-order valence-corrected chi connectivity index (χ2v) is 9.01. The Morgan fingerprint density at radius 3 is 2.55 bits per heavy atom. The number of carbonyl (C=O) groups excluding carboxylic acids is 1. The summed E-state index contributed by atoms with van der Waals surface area (Å²) in [5.74, 6) is -2.17. The Morgan fingerprint density at radius 1 is 1.13 bits per heavy atom. The summed E-state index contributed by atoms with van der Waals surface area (Å²) in [7, 11) is 0. The maximum absolute atomic E-state index is 13.0. The Balaban J connectivity index is 0.000000426. The molecule has 38 heavy (non-hydrogen) atoms. The van der Waals surface area contributed by atoms with Gasteiger partial charge in [-0.1, -0.05) is 36.4 Å². The molecule has 5 rings (SSSR count). The number of carbonyl (C=O) groups is 2. The number of aromatic hydroxyl groups is 1. The van der Waals surface area contributed by atoms with Gasteiger partial charge in [0.15, 0.2) is 0 Å². The Hall–Kier alpha value is -4.19. The van der Waals surface area contributed by atoms with E-state index in [1.807, 2.05) is 29.3 Å². The summed E-state index contributed by atoms with van der Waals surface area (Å²) in [5.41, 5.74) is 3.25. The number of alkyl halides is 3. The molecule has 1 fully saturated rings. The molecule has 1 amide bonds. The first kappa shape index (κ1) is 26.9. The van der Waals surface area contributed by atoms with Crippen LogP contribution in [0.25, 0.3) is 0 Å². The normalized spacial score (nSPS) is 18.3. The van der Waals surface area contributed by atoms with Crippen LogP contribution in [0.1, 0.15) is 33.6 Å². The smallest absolute Gasteiger partial charge is 0.490 e. The molecule has 0 bridgehead atoms. The van der Waals surface area contributed by atoms with E-state index in [0.29, 0.717) is 44.4 Å². The number of nitrogens with zero attached hydrogens (tertiary/aromatic N) is 3. The van der Waals surface area contributed by atoms with Gasteiger partial charge in [0.05, 0.1) is 24.3 Å². The summed E-state index contributed by atoms with van der Waals surface area (Å²) < 4.78 is 37.6. The van der Waals surface area contributed by atoms with Gasteiger partial charge < -0.3 is 25.2 Å². The molecule has 2 aromatic carbocycles. The Bertz CT molecular complexity index is 1310. The number of ether oxygens (including phenoxy) is 1. The monoisotopic (exact) mass is 530 g/mol. The third kappa shape index (κ3) is 6.20. The first-order valence-electron chi connectivity index (χ1n) is 11.7. The summed E-state index contributed by atoms with van der Waals surface area (Å²) in [6.45, 7) is 2.80. The van der Waals surface area contributed by atoms with Gasteiger partial charge in [-0.25, -0.2) is 14.8 Å². The molecule has 12 heteroatoms. The number of anilines is 1. The molecule has 1 saturated heterocycles. The molecule has 1 atom stereocenters. The highest BCUT2D eigenvalue weighted by atomic mass is 19.4. The van der Waals surface area contributed by atoms with E-state index in [-0.39, 0.29) is 17.1 Å². The van der Waals surface area contributed by atoms with E-state index in [4.69, 9.17) is 19.6 Å². The van der Waals surface area contributed by atoms with Gasteiger partial charge >= 0.3 is 12.1 Å². The summed E-state index contributed by atoms with van der Waals surface area (Å²) >= 11 is 0. The predicted molar refractivity (Wildman–Crippen MR) is 129 cm³/mol. The highest BCUT2D eigenvalue weighted by Crippen LogP contribution is 2.39. The molecule has 0 radical (unpaired) electrons. The fourth-order valence-electron chi connectivity index (χ4n) is 4.44. The number of amides is 1. The number of fused-ring (bicyclic) bond motifs is 2. The van der Waals surface area contributed by atoms with Crippen LogP contribution in [0.2, 0.25) is 0 Å². The molecule has 1 aromatic heterocycles. The summed E-state index contributed by atoms with van der Waals surface area (Å²) in [4.78, 5) is 33.0. The van der Waals surface area contributed by atoms with Crippen LogP contribution in [-0.4, -0.2) is 62.8 Å². The molecule has 2 aliphatic rings. The SMILES string of the molecule is O=C(O)C(F)(F)F.O=C(c1cccc(O)c1)N1CCC2(COCc3cnc(NCc4ccccc4)nc32)C1. The van der Waals surface area contributed by atoms with Crippen molar-refractivity contribution in [1.29, 1.82) is 0 Å². The highest BCUT2D eigenvalue weighted by molar-refractivity contribution is 5.95. The minimum absolute atomic E-state index is 0.0867. The predicted octanol–water partition coefficient (Wildman–Crippen LogP) is 3.74. The lowest BCUT2D eigenvalue weighted by Crippen LogP contribution is -2.41. The first-order chi connectivity index (χ1) is 18.1. The van der Waals surface area contributed by atoms with Crippen molar-refractivity contribution in [3.63, 3.8) is 0 Å². The number of aliphatic carboxylic acids is 1. The molecule has 0 aliphatic carbocycles. The Morgan fingerprint density at radius 2 is 1.87 bits per heavy atom. The molecule has 2 aliphatic heterocycles. The zero-order valence-electron chi connectivity index (χ0n) is 20.1. The van der Waals surface area contributed by atoms with Crippen LogP contribution in [0.3, 0.4) is 0 Å². The number of phenols is 1. The second kappa shape index (κ2) is 11.1. The topological polar surface area (TPSA) is 125 Å². The van der Waals surface area contributed by atoms with Gasteiger partial charge in [-0.15, -0.1) is 0 Å². The lowest BCUT2D eigenvalue weighted by atomic mass is 9.80. The molecule has 3 aromatic rings.